The van der Waals surface area contributed by atoms with E-state index in [1.807, 2.05) is 0 Å². The number of carbonyl (C=O) groups is 2. The highest BCUT2D eigenvalue weighted by atomic mass is 16.2. The van der Waals surface area contributed by atoms with Crippen molar-refractivity contribution in [2.24, 2.45) is 11.1 Å². The number of likely N-dealkylation sites (N-methyl/N-ethyl adjacent to an activating group) is 1. The number of rotatable bonds is 4. The third kappa shape index (κ3) is 4.45. The lowest BCUT2D eigenvalue weighted by atomic mass is 9.80. The Morgan fingerprint density at radius 2 is 2.05 bits per heavy atom. The fraction of sp³-hybridized carbons (Fsp3) is 0.857. The number of hydrogen-bond donors (Lipinski definition) is 2. The molecule has 0 aromatic carbocycles. The van der Waals surface area contributed by atoms with Crippen LogP contribution < -0.4 is 11.1 Å². The van der Waals surface area contributed by atoms with Crippen molar-refractivity contribution in [2.45, 2.75) is 39.3 Å². The van der Waals surface area contributed by atoms with Crippen LogP contribution in [0.25, 0.3) is 0 Å². The number of hydrogen-bond acceptors (Lipinski definition) is 4. The molecule has 1 heterocycles. The van der Waals surface area contributed by atoms with Gasteiger partial charge in [0.05, 0.1) is 6.54 Å². The second kappa shape index (κ2) is 6.54. The van der Waals surface area contributed by atoms with Crippen LogP contribution in [0, 0.1) is 5.41 Å². The Kier molecular flexibility index (Phi) is 5.53. The van der Waals surface area contributed by atoms with Crippen molar-refractivity contribution in [1.82, 2.24) is 15.1 Å². The summed E-state index contributed by atoms with van der Waals surface area (Å²) in [5.41, 5.74) is 6.10. The molecule has 0 aliphatic carbocycles. The summed E-state index contributed by atoms with van der Waals surface area (Å²) in [7, 11) is 3.36. The number of carbonyl (C=O) groups excluding carboxylic acids is 2. The maximum Gasteiger partial charge on any atom is 0.244 e. The number of nitrogens with two attached hydrogens (primary N) is 1. The second-order valence-corrected chi connectivity index (χ2v) is 6.62. The molecule has 0 aromatic heterocycles. The maximum atomic E-state index is 12.0. The fourth-order valence-electron chi connectivity index (χ4n) is 2.56. The molecule has 0 radical (unpaired) electrons. The van der Waals surface area contributed by atoms with Crippen molar-refractivity contribution in [3.05, 3.63) is 0 Å². The molecule has 1 fully saturated rings. The van der Waals surface area contributed by atoms with Crippen molar-refractivity contribution in [3.8, 4) is 0 Å². The average molecular weight is 284 g/mol. The Hall–Kier alpha value is -1.14. The van der Waals surface area contributed by atoms with Gasteiger partial charge in [-0.2, -0.15) is 0 Å². The highest BCUT2D eigenvalue weighted by molar-refractivity contribution is 5.87. The van der Waals surface area contributed by atoms with E-state index >= 15 is 0 Å². The first-order chi connectivity index (χ1) is 9.13. The van der Waals surface area contributed by atoms with Gasteiger partial charge in [0.2, 0.25) is 11.8 Å². The largest absolute Gasteiger partial charge is 0.347 e. The summed E-state index contributed by atoms with van der Waals surface area (Å²) in [4.78, 5) is 27.3. The van der Waals surface area contributed by atoms with Gasteiger partial charge in [-0.05, 0) is 18.8 Å². The zero-order valence-corrected chi connectivity index (χ0v) is 13.3. The summed E-state index contributed by atoms with van der Waals surface area (Å²) in [6, 6.07) is -0.311. The molecular formula is C14H28N4O2. The Morgan fingerprint density at radius 1 is 1.45 bits per heavy atom. The van der Waals surface area contributed by atoms with Crippen LogP contribution in [0.5, 0.6) is 0 Å². The third-order valence-corrected chi connectivity index (χ3v) is 3.95. The van der Waals surface area contributed by atoms with E-state index < -0.39 is 6.04 Å². The summed E-state index contributed by atoms with van der Waals surface area (Å²) in [6.07, 6.45) is 0.895. The molecule has 20 heavy (non-hydrogen) atoms. The Balaban J connectivity index is 2.45. The lowest BCUT2D eigenvalue weighted by Crippen LogP contribution is -2.55. The van der Waals surface area contributed by atoms with Crippen molar-refractivity contribution in [2.75, 3.05) is 33.7 Å². The molecule has 2 atom stereocenters. The molecule has 1 aliphatic rings. The predicted octanol–water partition coefficient (Wildman–Crippen LogP) is -0.361. The number of likely N-dealkylation sites (tertiary alicyclic amines) is 1. The van der Waals surface area contributed by atoms with E-state index in [4.69, 9.17) is 5.73 Å². The van der Waals surface area contributed by atoms with Gasteiger partial charge in [-0.3, -0.25) is 14.5 Å². The van der Waals surface area contributed by atoms with E-state index in [9.17, 15) is 9.59 Å². The smallest absolute Gasteiger partial charge is 0.244 e. The van der Waals surface area contributed by atoms with E-state index in [0.29, 0.717) is 6.54 Å². The number of nitrogens with one attached hydrogen (secondary N) is 1. The number of nitrogens with zero attached hydrogens (tertiary/aromatic N) is 2. The van der Waals surface area contributed by atoms with Crippen molar-refractivity contribution in [3.63, 3.8) is 0 Å². The van der Waals surface area contributed by atoms with Crippen molar-refractivity contribution in [1.29, 1.82) is 0 Å². The monoisotopic (exact) mass is 284 g/mol. The highest BCUT2D eigenvalue weighted by Crippen LogP contribution is 2.27. The van der Waals surface area contributed by atoms with Crippen molar-refractivity contribution >= 4 is 11.8 Å². The van der Waals surface area contributed by atoms with Gasteiger partial charge < -0.3 is 16.0 Å². The fourth-order valence-corrected chi connectivity index (χ4v) is 2.56. The minimum absolute atomic E-state index is 0.0175. The first kappa shape index (κ1) is 16.9. The molecule has 2 unspecified atom stereocenters. The molecule has 0 saturated carbocycles. The summed E-state index contributed by atoms with van der Waals surface area (Å²) >= 11 is 0. The van der Waals surface area contributed by atoms with Crippen LogP contribution >= 0.6 is 0 Å². The molecule has 6 nitrogen and oxygen atoms in total. The minimum Gasteiger partial charge on any atom is -0.347 e. The van der Waals surface area contributed by atoms with Gasteiger partial charge in [0.15, 0.2) is 0 Å². The maximum absolute atomic E-state index is 12.0. The minimum atomic E-state index is -0.488. The summed E-state index contributed by atoms with van der Waals surface area (Å²) in [5.74, 6) is -0.210. The Morgan fingerprint density at radius 3 is 2.55 bits per heavy atom. The van der Waals surface area contributed by atoms with E-state index in [0.717, 1.165) is 19.5 Å². The zero-order valence-electron chi connectivity index (χ0n) is 13.3. The average Bonchev–Trinajstić information content (AvgIpc) is 2.32. The molecule has 1 saturated heterocycles. The SMILES string of the molecule is CC(NC(=O)CN1CCC(N)C(C)(C)C1)C(=O)N(C)C. The summed E-state index contributed by atoms with van der Waals surface area (Å²) in [5, 5.41) is 2.74. The van der Waals surface area contributed by atoms with Crippen LogP contribution in [-0.4, -0.2) is 67.4 Å². The van der Waals surface area contributed by atoms with Gasteiger partial charge in [-0.15, -0.1) is 0 Å². The van der Waals surface area contributed by atoms with Gasteiger partial charge in [-0.25, -0.2) is 0 Å². The molecule has 6 heteroatoms. The molecule has 0 aromatic rings. The molecule has 1 aliphatic heterocycles. The standard InChI is InChI=1S/C14H28N4O2/c1-10(13(20)17(4)5)16-12(19)8-18-7-6-11(15)14(2,3)9-18/h10-11H,6-9,15H2,1-5H3,(H,16,19). The molecule has 0 spiro atoms. The number of piperidine rings is 1. The Bertz CT molecular complexity index is 368. The predicted molar refractivity (Wildman–Crippen MR) is 79.1 cm³/mol. The normalized spacial score (nSPS) is 24.0. The van der Waals surface area contributed by atoms with E-state index in [2.05, 4.69) is 24.1 Å². The van der Waals surface area contributed by atoms with Gasteiger partial charge in [0.25, 0.3) is 0 Å². The van der Waals surface area contributed by atoms with Gasteiger partial charge in [0, 0.05) is 33.2 Å². The van der Waals surface area contributed by atoms with E-state index in [1.165, 1.54) is 4.90 Å². The zero-order chi connectivity index (χ0) is 15.5. The first-order valence-corrected chi connectivity index (χ1v) is 7.12. The summed E-state index contributed by atoms with van der Waals surface area (Å²) < 4.78 is 0. The molecular weight excluding hydrogens is 256 g/mol. The van der Waals surface area contributed by atoms with Crippen molar-refractivity contribution < 1.29 is 9.59 Å². The van der Waals surface area contributed by atoms with Crippen LogP contribution in [0.15, 0.2) is 0 Å². The van der Waals surface area contributed by atoms with Crippen LogP contribution in [0.1, 0.15) is 27.2 Å². The van der Waals surface area contributed by atoms with E-state index in [1.54, 1.807) is 21.0 Å². The second-order valence-electron chi connectivity index (χ2n) is 6.62. The molecule has 2 amide bonds. The lowest BCUT2D eigenvalue weighted by Gasteiger charge is -2.42. The molecule has 0 bridgehead atoms. The topological polar surface area (TPSA) is 78.7 Å². The van der Waals surface area contributed by atoms with Crippen LogP contribution in [0.2, 0.25) is 0 Å². The number of amides is 2. The molecule has 3 N–H and O–H groups in total. The Labute approximate surface area is 121 Å². The third-order valence-electron chi connectivity index (χ3n) is 3.95. The highest BCUT2D eigenvalue weighted by Gasteiger charge is 2.34. The van der Waals surface area contributed by atoms with Crippen LogP contribution in [-0.2, 0) is 9.59 Å². The summed E-state index contributed by atoms with van der Waals surface area (Å²) in [6.45, 7) is 7.91. The van der Waals surface area contributed by atoms with E-state index in [-0.39, 0.29) is 23.3 Å². The quantitative estimate of drug-likeness (QED) is 0.739. The van der Waals surface area contributed by atoms with Gasteiger partial charge >= 0.3 is 0 Å². The van der Waals surface area contributed by atoms with Gasteiger partial charge in [-0.1, -0.05) is 13.8 Å². The first-order valence-electron chi connectivity index (χ1n) is 7.12. The van der Waals surface area contributed by atoms with Crippen LogP contribution in [0.3, 0.4) is 0 Å². The van der Waals surface area contributed by atoms with Crippen LogP contribution in [0.4, 0.5) is 0 Å². The van der Waals surface area contributed by atoms with Gasteiger partial charge in [0.1, 0.15) is 6.04 Å². The molecule has 1 rings (SSSR count). The molecule has 116 valence electrons. The lowest BCUT2D eigenvalue weighted by molar-refractivity contribution is -0.134.